The quantitative estimate of drug-likeness (QED) is 0.0123. The third-order valence-corrected chi connectivity index (χ3v) is 5.17. The predicted molar refractivity (Wildman–Crippen MR) is 189 cm³/mol. The van der Waals surface area contributed by atoms with Crippen molar-refractivity contribution in [2.75, 3.05) is 126 Å². The van der Waals surface area contributed by atoms with Crippen LogP contribution < -0.4 is 45.5 Å². The average Bonchev–Trinajstić information content (AvgIpc) is 3.13. The van der Waals surface area contributed by atoms with Gasteiger partial charge in [0.1, 0.15) is 5.78 Å². The number of Topliss-reactive ketones (excluding diaryl/α,β-unsaturated/α-hetero) is 2. The number of ether oxygens (including phenoxy) is 5. The summed E-state index contributed by atoms with van der Waals surface area (Å²) in [4.78, 5) is 49.3. The van der Waals surface area contributed by atoms with Gasteiger partial charge in [-0.15, -0.1) is 0 Å². The normalized spacial score (nSPS) is 9.84. The Labute approximate surface area is 297 Å². The van der Waals surface area contributed by atoms with E-state index in [4.69, 9.17) is 62.5 Å². The second-order valence-corrected chi connectivity index (χ2v) is 9.11. The standard InChI is InChI=1S/C8H18O3.C7H15N3O2.C6H16N2O3.C4H12N2O3.C3H7NOS/c1-9-5-3-7-11-8-4-6-10-2;8-5-6(11)3-1-2-4-7(12)10-9;1-7-10-5-3-9-4-6-11-8-2;5-8-3-1-7-2-4-9-6;4-1-3(5)2-6/h3-8H2,1-2H3;1-5,8-9H2,(H,10,12);7-8H,3-6H2,1-2H3;1-6H2;6H,1-2,4H2. The molecule has 0 atom stereocenters. The highest BCUT2D eigenvalue weighted by molar-refractivity contribution is 7.81. The van der Waals surface area contributed by atoms with E-state index in [-0.39, 0.29) is 36.3 Å². The van der Waals surface area contributed by atoms with Crippen LogP contribution in [0.25, 0.3) is 0 Å². The second-order valence-electron chi connectivity index (χ2n) is 8.79. The third kappa shape index (κ3) is 73.1. The SMILES string of the molecule is CNOCCOCCONC.COCCCOCCCOC.NCC(=O)CCCCC(=O)NN.NCC(=O)CS.NOCCOCCON. The molecule has 0 heterocycles. The molecule has 298 valence electrons. The third-order valence-electron chi connectivity index (χ3n) is 4.82. The highest BCUT2D eigenvalue weighted by Crippen LogP contribution is 1.99. The maximum Gasteiger partial charge on any atom is 0.233 e. The van der Waals surface area contributed by atoms with Crippen molar-refractivity contribution < 1.29 is 57.4 Å². The van der Waals surface area contributed by atoms with Gasteiger partial charge in [-0.2, -0.15) is 12.6 Å². The number of hydrogen-bond acceptors (Lipinski definition) is 20. The number of nitrogens with one attached hydrogen (secondary N) is 3. The molecule has 0 saturated heterocycles. The summed E-state index contributed by atoms with van der Waals surface area (Å²) in [7, 11) is 6.82. The van der Waals surface area contributed by atoms with Crippen LogP contribution in [-0.2, 0) is 57.4 Å². The summed E-state index contributed by atoms with van der Waals surface area (Å²) in [5, 5.41) is 0. The summed E-state index contributed by atoms with van der Waals surface area (Å²) < 4.78 is 25.0. The lowest BCUT2D eigenvalue weighted by Gasteiger charge is -2.03. The lowest BCUT2D eigenvalue weighted by Crippen LogP contribution is -2.29. The molecule has 21 heteroatoms. The van der Waals surface area contributed by atoms with Gasteiger partial charge in [-0.1, -0.05) is 0 Å². The van der Waals surface area contributed by atoms with Gasteiger partial charge in [0, 0.05) is 67.6 Å². The highest BCUT2D eigenvalue weighted by atomic mass is 32.1. The Hall–Kier alpha value is -1.48. The maximum atomic E-state index is 10.7. The van der Waals surface area contributed by atoms with Crippen LogP contribution >= 0.6 is 12.6 Å². The summed E-state index contributed by atoms with van der Waals surface area (Å²) in [5.41, 5.74) is 17.1. The van der Waals surface area contributed by atoms with Crippen LogP contribution in [0.15, 0.2) is 0 Å². The molecule has 0 saturated carbocycles. The van der Waals surface area contributed by atoms with Crippen LogP contribution in [0.5, 0.6) is 0 Å². The van der Waals surface area contributed by atoms with Gasteiger partial charge in [-0.3, -0.25) is 29.5 Å². The predicted octanol–water partition coefficient (Wildman–Crippen LogP) is -2.33. The van der Waals surface area contributed by atoms with Crippen molar-refractivity contribution >= 4 is 30.1 Å². The van der Waals surface area contributed by atoms with Crippen molar-refractivity contribution in [3.8, 4) is 0 Å². The first-order valence-corrected chi connectivity index (χ1v) is 16.3. The summed E-state index contributed by atoms with van der Waals surface area (Å²) in [6, 6.07) is 0. The molecule has 1 amide bonds. The van der Waals surface area contributed by atoms with Gasteiger partial charge in [0.15, 0.2) is 5.78 Å². The van der Waals surface area contributed by atoms with Gasteiger partial charge in [0.25, 0.3) is 0 Å². The number of amides is 1. The number of carbonyl (C=O) groups excluding carboxylic acids is 3. The van der Waals surface area contributed by atoms with E-state index in [0.29, 0.717) is 78.5 Å². The van der Waals surface area contributed by atoms with Crippen molar-refractivity contribution in [3.05, 3.63) is 0 Å². The van der Waals surface area contributed by atoms with E-state index in [1.54, 1.807) is 28.3 Å². The molecule has 20 nitrogen and oxygen atoms in total. The lowest BCUT2D eigenvalue weighted by atomic mass is 10.1. The summed E-state index contributed by atoms with van der Waals surface area (Å²) in [5.74, 6) is 14.3. The van der Waals surface area contributed by atoms with E-state index in [9.17, 15) is 14.4 Å². The summed E-state index contributed by atoms with van der Waals surface area (Å²) >= 11 is 3.67. The van der Waals surface area contributed by atoms with E-state index >= 15 is 0 Å². The van der Waals surface area contributed by atoms with E-state index < -0.39 is 0 Å². The molecule has 49 heavy (non-hydrogen) atoms. The molecule has 0 aromatic heterocycles. The molecule has 0 aliphatic carbocycles. The van der Waals surface area contributed by atoms with E-state index in [1.807, 2.05) is 5.43 Å². The monoisotopic (exact) mass is 740 g/mol. The Kier molecular flexibility index (Phi) is 68.2. The second kappa shape index (κ2) is 58.7. The molecule has 0 aliphatic rings. The number of nitrogens with two attached hydrogens (primary N) is 5. The molecule has 0 rings (SSSR count). The minimum Gasteiger partial charge on any atom is -0.385 e. The molecule has 13 N–H and O–H groups in total. The smallest absolute Gasteiger partial charge is 0.233 e. The number of hydrogen-bond donors (Lipinski definition) is 9. The summed E-state index contributed by atoms with van der Waals surface area (Å²) in [6.07, 6.45) is 4.15. The fourth-order valence-corrected chi connectivity index (χ4v) is 2.51. The molecule has 0 aromatic rings. The molecule has 0 bridgehead atoms. The van der Waals surface area contributed by atoms with Crippen LogP contribution in [0.3, 0.4) is 0 Å². The van der Waals surface area contributed by atoms with Crippen molar-refractivity contribution in [1.82, 2.24) is 16.4 Å². The van der Waals surface area contributed by atoms with Crippen molar-refractivity contribution in [1.29, 1.82) is 0 Å². The number of ketones is 2. The molecular weight excluding hydrogens is 672 g/mol. The van der Waals surface area contributed by atoms with Gasteiger partial charge < -0.3 is 44.8 Å². The molecule has 0 spiro atoms. The fourth-order valence-electron chi connectivity index (χ4n) is 2.38. The number of methoxy groups -OCH3 is 2. The van der Waals surface area contributed by atoms with Gasteiger partial charge in [0.2, 0.25) is 5.91 Å². The first-order valence-electron chi connectivity index (χ1n) is 15.7. The minimum atomic E-state index is -0.199. The Balaban J connectivity index is -0.000000167. The van der Waals surface area contributed by atoms with E-state index in [1.165, 1.54) is 0 Å². The van der Waals surface area contributed by atoms with Crippen LogP contribution in [0.4, 0.5) is 0 Å². The van der Waals surface area contributed by atoms with Gasteiger partial charge >= 0.3 is 0 Å². The zero-order valence-corrected chi connectivity index (χ0v) is 31.0. The number of thiol groups is 1. The average molecular weight is 741 g/mol. The molecule has 0 aromatic carbocycles. The van der Waals surface area contributed by atoms with Gasteiger partial charge in [0.05, 0.1) is 71.7 Å². The van der Waals surface area contributed by atoms with Gasteiger partial charge in [-0.05, 0) is 25.7 Å². The Bertz CT molecular complexity index is 576. The minimum absolute atomic E-state index is 0.0154. The Morgan fingerprint density at radius 3 is 1.31 bits per heavy atom. The van der Waals surface area contributed by atoms with Crippen LogP contribution in [-0.4, -0.2) is 144 Å². The first kappa shape index (κ1) is 56.9. The lowest BCUT2D eigenvalue weighted by molar-refractivity contribution is -0.122. The van der Waals surface area contributed by atoms with Crippen LogP contribution in [0, 0.1) is 0 Å². The Morgan fingerprint density at radius 1 is 0.571 bits per heavy atom. The van der Waals surface area contributed by atoms with Crippen LogP contribution in [0.1, 0.15) is 38.5 Å². The molecule has 0 radical (unpaired) electrons. The molecule has 0 aliphatic heterocycles. The topological polar surface area (TPSA) is 300 Å². The molecular formula is C28H68N8O12S. The highest BCUT2D eigenvalue weighted by Gasteiger charge is 2.00. The van der Waals surface area contributed by atoms with Gasteiger partial charge in [-0.25, -0.2) is 28.6 Å². The first-order chi connectivity index (χ1) is 23.8. The molecule has 0 unspecified atom stereocenters. The molecule has 0 fully saturated rings. The zero-order chi connectivity index (χ0) is 38.1. The number of unbranched alkanes of at least 4 members (excludes halogenated alkanes) is 1. The number of hydroxylamine groups is 2. The summed E-state index contributed by atoms with van der Waals surface area (Å²) in [6.45, 7) is 7.33. The van der Waals surface area contributed by atoms with Crippen molar-refractivity contribution in [2.24, 2.45) is 29.1 Å². The number of hydrazine groups is 1. The van der Waals surface area contributed by atoms with E-state index in [0.717, 1.165) is 39.3 Å². The number of rotatable bonds is 30. The fraction of sp³-hybridized carbons (Fsp3) is 0.893. The van der Waals surface area contributed by atoms with Crippen molar-refractivity contribution in [2.45, 2.75) is 38.5 Å². The number of carbonyl (C=O) groups is 3. The zero-order valence-electron chi connectivity index (χ0n) is 30.1. The largest absolute Gasteiger partial charge is 0.385 e. The van der Waals surface area contributed by atoms with E-state index in [2.05, 4.69) is 33.3 Å². The van der Waals surface area contributed by atoms with Crippen LogP contribution in [0.2, 0.25) is 0 Å². The van der Waals surface area contributed by atoms with Crippen molar-refractivity contribution in [3.63, 3.8) is 0 Å². The Morgan fingerprint density at radius 2 is 0.980 bits per heavy atom. The maximum absolute atomic E-state index is 10.7.